The topological polar surface area (TPSA) is 38.3 Å². The maximum Gasteiger partial charge on any atom is 0.416 e. The lowest BCUT2D eigenvalue weighted by Gasteiger charge is -2.32. The third-order valence-electron chi connectivity index (χ3n) is 2.71. The molecule has 0 unspecified atom stereocenters. The van der Waals surface area contributed by atoms with E-state index in [0.29, 0.717) is 12.1 Å². The Morgan fingerprint density at radius 3 is 2.60 bits per heavy atom. The fourth-order valence-corrected chi connectivity index (χ4v) is 1.98. The summed E-state index contributed by atoms with van der Waals surface area (Å²) in [5.74, 6) is -3.57. The average Bonchev–Trinajstić information content (AvgIpc) is 2.32. The van der Waals surface area contributed by atoms with Gasteiger partial charge in [0, 0.05) is 5.02 Å². The van der Waals surface area contributed by atoms with Crippen LogP contribution in [0.25, 0.3) is 0 Å². The van der Waals surface area contributed by atoms with E-state index in [2.05, 4.69) is 4.74 Å². The number of carbonyl (C=O) groups is 1. The number of alkyl carbamates (subject to hydrolysis) is 1. The molecule has 1 N–H and O–H groups in total. The minimum Gasteiger partial charge on any atom is -0.443 e. The zero-order chi connectivity index (χ0) is 15.1. The van der Waals surface area contributed by atoms with Crippen molar-refractivity contribution in [3.05, 3.63) is 34.3 Å². The van der Waals surface area contributed by atoms with Crippen LogP contribution in [0.4, 0.5) is 26.7 Å². The van der Waals surface area contributed by atoms with Crippen molar-refractivity contribution >= 4 is 17.7 Å². The van der Waals surface area contributed by atoms with Crippen molar-refractivity contribution in [3.63, 3.8) is 0 Å². The molecule has 1 amide bonds. The van der Waals surface area contributed by atoms with Crippen LogP contribution in [0.2, 0.25) is 5.02 Å². The molecular weight excluding hydrogens is 309 g/mol. The summed E-state index contributed by atoms with van der Waals surface area (Å²) in [5, 5.41) is 1.48. The molecule has 2 rings (SSSR count). The van der Waals surface area contributed by atoms with Crippen LogP contribution in [0.15, 0.2) is 18.2 Å². The molecule has 1 saturated heterocycles. The Labute approximate surface area is 114 Å². The Balaban J connectivity index is 2.47. The molecule has 1 aromatic rings. The molecule has 20 heavy (non-hydrogen) atoms. The highest BCUT2D eigenvalue weighted by Crippen LogP contribution is 2.40. The van der Waals surface area contributed by atoms with Crippen molar-refractivity contribution in [2.45, 2.75) is 18.1 Å². The summed E-state index contributed by atoms with van der Waals surface area (Å²) >= 11 is 5.66. The second-order valence-electron chi connectivity index (χ2n) is 4.15. The number of halogens is 6. The molecule has 1 aromatic carbocycles. The molecule has 0 aliphatic carbocycles. The Hall–Kier alpha value is -1.57. The summed E-state index contributed by atoms with van der Waals surface area (Å²) in [6.45, 7) is -1.23. The van der Waals surface area contributed by atoms with Gasteiger partial charge in [-0.05, 0) is 23.8 Å². The summed E-state index contributed by atoms with van der Waals surface area (Å²) < 4.78 is 69.2. The first-order valence-electron chi connectivity index (χ1n) is 5.29. The number of hydrogen-bond donors (Lipinski definition) is 1. The van der Waals surface area contributed by atoms with Gasteiger partial charge in [0.2, 0.25) is 0 Å². The van der Waals surface area contributed by atoms with Gasteiger partial charge in [0.1, 0.15) is 6.04 Å². The summed E-state index contributed by atoms with van der Waals surface area (Å²) in [6, 6.07) is 0.0493. The van der Waals surface area contributed by atoms with Gasteiger partial charge >= 0.3 is 18.2 Å². The highest BCUT2D eigenvalue weighted by atomic mass is 35.5. The summed E-state index contributed by atoms with van der Waals surface area (Å²) in [6.07, 6.45) is -5.85. The number of cyclic esters (lactones) is 1. The van der Waals surface area contributed by atoms with Gasteiger partial charge in [-0.3, -0.25) is 0 Å². The fourth-order valence-electron chi connectivity index (χ4n) is 1.76. The molecule has 3 nitrogen and oxygen atoms in total. The number of nitrogens with one attached hydrogen (secondary N) is 1. The zero-order valence-corrected chi connectivity index (χ0v) is 10.4. The van der Waals surface area contributed by atoms with Crippen molar-refractivity contribution in [2.24, 2.45) is 0 Å². The lowest BCUT2D eigenvalue weighted by Crippen LogP contribution is -2.49. The third kappa shape index (κ3) is 2.79. The molecule has 0 bridgehead atoms. The van der Waals surface area contributed by atoms with Gasteiger partial charge in [0.25, 0.3) is 0 Å². The molecule has 1 atom stereocenters. The van der Waals surface area contributed by atoms with E-state index in [1.54, 1.807) is 5.32 Å². The first kappa shape index (κ1) is 14.8. The number of rotatable bonds is 1. The van der Waals surface area contributed by atoms with Gasteiger partial charge in [0.15, 0.2) is 6.61 Å². The van der Waals surface area contributed by atoms with E-state index in [0.717, 1.165) is 6.07 Å². The highest BCUT2D eigenvalue weighted by Gasteiger charge is 2.48. The predicted octanol–water partition coefficient (Wildman–Crippen LogP) is 3.78. The molecule has 1 aliphatic rings. The Morgan fingerprint density at radius 2 is 2.00 bits per heavy atom. The quantitative estimate of drug-likeness (QED) is 0.801. The van der Waals surface area contributed by atoms with E-state index in [-0.39, 0.29) is 5.02 Å². The average molecular weight is 316 g/mol. The van der Waals surface area contributed by atoms with E-state index in [4.69, 9.17) is 11.6 Å². The Bertz CT molecular complexity index is 546. The van der Waals surface area contributed by atoms with Crippen LogP contribution in [0.5, 0.6) is 0 Å². The van der Waals surface area contributed by atoms with Gasteiger partial charge in [-0.2, -0.15) is 13.2 Å². The van der Waals surface area contributed by atoms with Gasteiger partial charge in [-0.1, -0.05) is 11.6 Å². The van der Waals surface area contributed by atoms with Crippen molar-refractivity contribution in [2.75, 3.05) is 6.61 Å². The minimum absolute atomic E-state index is 0.301. The predicted molar refractivity (Wildman–Crippen MR) is 58.6 cm³/mol. The van der Waals surface area contributed by atoms with Crippen LogP contribution in [0.3, 0.4) is 0 Å². The summed E-state index contributed by atoms with van der Waals surface area (Å²) in [4.78, 5) is 11.0. The first-order valence-corrected chi connectivity index (χ1v) is 5.67. The molecule has 9 heteroatoms. The molecule has 110 valence electrons. The second-order valence-corrected chi connectivity index (χ2v) is 4.56. The van der Waals surface area contributed by atoms with Crippen LogP contribution in [0.1, 0.15) is 17.2 Å². The standard InChI is InChI=1S/C11H7ClF5NO2/c12-7-2-1-5(11(15,16)17)3-6(7)8-10(13,14)4-20-9(19)18-8/h1-3,8H,4H2,(H,18,19)/t8-/m0/s1. The van der Waals surface area contributed by atoms with E-state index >= 15 is 0 Å². The maximum absolute atomic E-state index is 13.7. The number of hydrogen-bond acceptors (Lipinski definition) is 2. The molecule has 1 heterocycles. The van der Waals surface area contributed by atoms with Crippen molar-refractivity contribution in [3.8, 4) is 0 Å². The molecule has 0 saturated carbocycles. The van der Waals surface area contributed by atoms with Gasteiger partial charge in [-0.25, -0.2) is 13.6 Å². The molecule has 0 aromatic heterocycles. The molecule has 0 spiro atoms. The number of carbonyl (C=O) groups excluding carboxylic acids is 1. The lowest BCUT2D eigenvalue weighted by molar-refractivity contribution is -0.138. The smallest absolute Gasteiger partial charge is 0.416 e. The van der Waals surface area contributed by atoms with Crippen LogP contribution >= 0.6 is 11.6 Å². The third-order valence-corrected chi connectivity index (χ3v) is 3.06. The van der Waals surface area contributed by atoms with Crippen LogP contribution in [-0.4, -0.2) is 18.6 Å². The number of ether oxygens (including phenoxy) is 1. The summed E-state index contributed by atoms with van der Waals surface area (Å²) in [7, 11) is 0. The van der Waals surface area contributed by atoms with Crippen LogP contribution in [0, 0.1) is 0 Å². The van der Waals surface area contributed by atoms with Gasteiger partial charge < -0.3 is 10.1 Å². The Morgan fingerprint density at radius 1 is 1.35 bits per heavy atom. The van der Waals surface area contributed by atoms with E-state index in [9.17, 15) is 26.7 Å². The second kappa shape index (κ2) is 4.76. The summed E-state index contributed by atoms with van der Waals surface area (Å²) in [5.41, 5.74) is -1.64. The first-order chi connectivity index (χ1) is 9.11. The van der Waals surface area contributed by atoms with Crippen molar-refractivity contribution < 1.29 is 31.5 Å². The Kier molecular flexibility index (Phi) is 3.53. The van der Waals surface area contributed by atoms with E-state index in [1.165, 1.54) is 0 Å². The zero-order valence-electron chi connectivity index (χ0n) is 9.60. The number of amides is 1. The van der Waals surface area contributed by atoms with E-state index < -0.39 is 42.0 Å². The van der Waals surface area contributed by atoms with Crippen molar-refractivity contribution in [1.29, 1.82) is 0 Å². The van der Waals surface area contributed by atoms with Crippen molar-refractivity contribution in [1.82, 2.24) is 5.32 Å². The maximum atomic E-state index is 13.7. The van der Waals surface area contributed by atoms with Crippen LogP contribution < -0.4 is 5.32 Å². The van der Waals surface area contributed by atoms with Gasteiger partial charge in [0.05, 0.1) is 5.56 Å². The fraction of sp³-hybridized carbons (Fsp3) is 0.364. The normalized spacial score (nSPS) is 22.1. The number of benzene rings is 1. The minimum atomic E-state index is -4.70. The molecule has 1 fully saturated rings. The SMILES string of the molecule is O=C1N[C@@H](c2cc(C(F)(F)F)ccc2Cl)C(F)(F)CO1. The van der Waals surface area contributed by atoms with Crippen LogP contribution in [-0.2, 0) is 10.9 Å². The molecule has 1 aliphatic heterocycles. The monoisotopic (exact) mass is 315 g/mol. The highest BCUT2D eigenvalue weighted by molar-refractivity contribution is 6.31. The number of alkyl halides is 5. The molecular formula is C11H7ClF5NO2. The van der Waals surface area contributed by atoms with E-state index in [1.807, 2.05) is 0 Å². The molecule has 0 radical (unpaired) electrons. The van der Waals surface area contributed by atoms with Gasteiger partial charge in [-0.15, -0.1) is 0 Å². The largest absolute Gasteiger partial charge is 0.443 e. The lowest BCUT2D eigenvalue weighted by atomic mass is 9.98.